The van der Waals surface area contributed by atoms with Crippen molar-refractivity contribution in [1.82, 2.24) is 9.78 Å². The summed E-state index contributed by atoms with van der Waals surface area (Å²) in [6.45, 7) is 0.488. The highest BCUT2D eigenvalue weighted by atomic mass is 19.1. The van der Waals surface area contributed by atoms with Crippen molar-refractivity contribution in [2.45, 2.75) is 6.54 Å². The number of nitrogens with zero attached hydrogens (tertiary/aromatic N) is 2. The van der Waals surface area contributed by atoms with Crippen molar-refractivity contribution >= 4 is 0 Å². The quantitative estimate of drug-likeness (QED) is 0.781. The van der Waals surface area contributed by atoms with E-state index in [9.17, 15) is 4.39 Å². The van der Waals surface area contributed by atoms with Gasteiger partial charge in [0.15, 0.2) is 0 Å². The van der Waals surface area contributed by atoms with Gasteiger partial charge in [-0.3, -0.25) is 0 Å². The standard InChI is InChI=1S/C10H10FN3/c11-10-5-6-13-14(10)9-3-1-8(7-12)2-4-9/h1-6H,7,12H2. The fourth-order valence-corrected chi connectivity index (χ4v) is 1.25. The van der Waals surface area contributed by atoms with E-state index in [2.05, 4.69) is 5.10 Å². The van der Waals surface area contributed by atoms with Gasteiger partial charge in [-0.2, -0.15) is 9.49 Å². The zero-order chi connectivity index (χ0) is 9.97. The summed E-state index contributed by atoms with van der Waals surface area (Å²) in [4.78, 5) is 0. The van der Waals surface area contributed by atoms with E-state index in [1.54, 1.807) is 12.1 Å². The highest BCUT2D eigenvalue weighted by Gasteiger charge is 2.02. The van der Waals surface area contributed by atoms with Crippen LogP contribution in [0.5, 0.6) is 0 Å². The van der Waals surface area contributed by atoms with Gasteiger partial charge in [0.2, 0.25) is 5.95 Å². The highest BCUT2D eigenvalue weighted by molar-refractivity contribution is 5.33. The summed E-state index contributed by atoms with van der Waals surface area (Å²) >= 11 is 0. The topological polar surface area (TPSA) is 43.8 Å². The van der Waals surface area contributed by atoms with Gasteiger partial charge in [-0.1, -0.05) is 12.1 Å². The molecule has 1 heterocycles. The predicted octanol–water partition coefficient (Wildman–Crippen LogP) is 1.47. The van der Waals surface area contributed by atoms with Gasteiger partial charge in [-0.15, -0.1) is 0 Å². The molecule has 72 valence electrons. The molecule has 0 atom stereocenters. The largest absolute Gasteiger partial charge is 0.326 e. The summed E-state index contributed by atoms with van der Waals surface area (Å²) in [5, 5.41) is 3.85. The van der Waals surface area contributed by atoms with E-state index in [-0.39, 0.29) is 5.95 Å². The maximum atomic E-state index is 13.1. The van der Waals surface area contributed by atoms with Crippen LogP contribution in [0.1, 0.15) is 5.56 Å². The van der Waals surface area contributed by atoms with Crippen LogP contribution < -0.4 is 5.73 Å². The minimum atomic E-state index is -0.370. The fourth-order valence-electron chi connectivity index (χ4n) is 1.25. The van der Waals surface area contributed by atoms with E-state index in [0.29, 0.717) is 12.2 Å². The van der Waals surface area contributed by atoms with Crippen LogP contribution in [-0.2, 0) is 6.54 Å². The van der Waals surface area contributed by atoms with E-state index in [0.717, 1.165) is 5.56 Å². The normalized spacial score (nSPS) is 10.4. The molecule has 0 unspecified atom stereocenters. The van der Waals surface area contributed by atoms with Crippen LogP contribution in [0.15, 0.2) is 36.5 Å². The zero-order valence-corrected chi connectivity index (χ0v) is 7.52. The maximum absolute atomic E-state index is 13.1. The Balaban J connectivity index is 2.39. The number of hydrogen-bond donors (Lipinski definition) is 1. The molecular formula is C10H10FN3. The molecule has 0 bridgehead atoms. The number of rotatable bonds is 2. The molecule has 1 aromatic carbocycles. The van der Waals surface area contributed by atoms with Crippen molar-refractivity contribution in [1.29, 1.82) is 0 Å². The Hall–Kier alpha value is -1.68. The third-order valence-corrected chi connectivity index (χ3v) is 2.01. The van der Waals surface area contributed by atoms with Crippen molar-refractivity contribution in [3.63, 3.8) is 0 Å². The van der Waals surface area contributed by atoms with Gasteiger partial charge in [-0.05, 0) is 17.7 Å². The van der Waals surface area contributed by atoms with E-state index < -0.39 is 0 Å². The van der Waals surface area contributed by atoms with E-state index in [4.69, 9.17) is 5.73 Å². The van der Waals surface area contributed by atoms with Crippen LogP contribution in [0.2, 0.25) is 0 Å². The molecule has 0 fully saturated rings. The summed E-state index contributed by atoms with van der Waals surface area (Å²) in [6, 6.07) is 8.61. The molecule has 0 amide bonds. The molecule has 2 N–H and O–H groups in total. The first-order chi connectivity index (χ1) is 6.81. The Morgan fingerprint density at radius 1 is 1.21 bits per heavy atom. The number of nitrogens with two attached hydrogens (primary N) is 1. The molecule has 0 spiro atoms. The highest BCUT2D eigenvalue weighted by Crippen LogP contribution is 2.10. The second-order valence-corrected chi connectivity index (χ2v) is 2.94. The molecule has 14 heavy (non-hydrogen) atoms. The lowest BCUT2D eigenvalue weighted by Crippen LogP contribution is -2.00. The van der Waals surface area contributed by atoms with Crippen molar-refractivity contribution in [3.05, 3.63) is 48.0 Å². The monoisotopic (exact) mass is 191 g/mol. The summed E-state index contributed by atoms with van der Waals surface area (Å²) in [6.07, 6.45) is 1.42. The van der Waals surface area contributed by atoms with E-state index in [1.807, 2.05) is 12.1 Å². The third-order valence-electron chi connectivity index (χ3n) is 2.01. The number of hydrogen-bond acceptors (Lipinski definition) is 2. The van der Waals surface area contributed by atoms with Gasteiger partial charge < -0.3 is 5.73 Å². The molecular weight excluding hydrogens is 181 g/mol. The number of halogens is 1. The van der Waals surface area contributed by atoms with Crippen LogP contribution in [0, 0.1) is 5.95 Å². The average molecular weight is 191 g/mol. The third kappa shape index (κ3) is 1.52. The first kappa shape index (κ1) is 8.90. The zero-order valence-electron chi connectivity index (χ0n) is 7.52. The van der Waals surface area contributed by atoms with Crippen LogP contribution in [-0.4, -0.2) is 9.78 Å². The van der Waals surface area contributed by atoms with Gasteiger partial charge in [0, 0.05) is 12.6 Å². The van der Waals surface area contributed by atoms with Crippen LogP contribution in [0.4, 0.5) is 4.39 Å². The molecule has 0 aliphatic rings. The summed E-state index contributed by atoms with van der Waals surface area (Å²) in [5.74, 6) is -0.370. The first-order valence-corrected chi connectivity index (χ1v) is 4.30. The Morgan fingerprint density at radius 2 is 1.93 bits per heavy atom. The minimum absolute atomic E-state index is 0.370. The van der Waals surface area contributed by atoms with Crippen molar-refractivity contribution in [2.24, 2.45) is 5.73 Å². The Bertz CT molecular complexity index is 419. The number of aromatic nitrogens is 2. The summed E-state index contributed by atoms with van der Waals surface area (Å²) in [7, 11) is 0. The van der Waals surface area contributed by atoms with Gasteiger partial charge >= 0.3 is 0 Å². The molecule has 2 aromatic rings. The Morgan fingerprint density at radius 3 is 2.43 bits per heavy atom. The Labute approximate surface area is 81.0 Å². The van der Waals surface area contributed by atoms with Gasteiger partial charge in [-0.25, -0.2) is 4.68 Å². The maximum Gasteiger partial charge on any atom is 0.216 e. The van der Waals surface area contributed by atoms with Gasteiger partial charge in [0.1, 0.15) is 0 Å². The molecule has 0 aliphatic carbocycles. The number of benzene rings is 1. The van der Waals surface area contributed by atoms with Gasteiger partial charge in [0.05, 0.1) is 11.9 Å². The lowest BCUT2D eigenvalue weighted by atomic mass is 10.2. The summed E-state index contributed by atoms with van der Waals surface area (Å²) < 4.78 is 14.3. The minimum Gasteiger partial charge on any atom is -0.326 e. The second kappa shape index (κ2) is 3.59. The van der Waals surface area contributed by atoms with E-state index >= 15 is 0 Å². The lowest BCUT2D eigenvalue weighted by molar-refractivity contribution is 0.537. The van der Waals surface area contributed by atoms with Crippen LogP contribution >= 0.6 is 0 Å². The molecule has 0 saturated carbocycles. The molecule has 0 radical (unpaired) electrons. The van der Waals surface area contributed by atoms with Gasteiger partial charge in [0.25, 0.3) is 0 Å². The van der Waals surface area contributed by atoms with E-state index in [1.165, 1.54) is 16.9 Å². The predicted molar refractivity (Wildman–Crippen MR) is 51.4 cm³/mol. The van der Waals surface area contributed by atoms with Crippen LogP contribution in [0.25, 0.3) is 5.69 Å². The lowest BCUT2D eigenvalue weighted by Gasteiger charge is -2.02. The van der Waals surface area contributed by atoms with Crippen molar-refractivity contribution in [3.8, 4) is 5.69 Å². The first-order valence-electron chi connectivity index (χ1n) is 4.30. The van der Waals surface area contributed by atoms with Crippen molar-refractivity contribution in [2.75, 3.05) is 0 Å². The average Bonchev–Trinajstić information content (AvgIpc) is 2.65. The smallest absolute Gasteiger partial charge is 0.216 e. The molecule has 0 saturated heterocycles. The molecule has 3 nitrogen and oxygen atoms in total. The molecule has 4 heteroatoms. The molecule has 0 aliphatic heterocycles. The SMILES string of the molecule is NCc1ccc(-n2nccc2F)cc1. The molecule has 2 rings (SSSR count). The molecule has 1 aromatic heterocycles. The second-order valence-electron chi connectivity index (χ2n) is 2.94. The fraction of sp³-hybridized carbons (Fsp3) is 0.100. The van der Waals surface area contributed by atoms with Crippen molar-refractivity contribution < 1.29 is 4.39 Å². The van der Waals surface area contributed by atoms with Crippen LogP contribution in [0.3, 0.4) is 0 Å². The summed E-state index contributed by atoms with van der Waals surface area (Å²) in [5.41, 5.74) is 7.17. The Kier molecular flexibility index (Phi) is 2.28.